The summed E-state index contributed by atoms with van der Waals surface area (Å²) in [6.45, 7) is 7.09. The maximum absolute atomic E-state index is 11.5. The molecule has 1 heterocycles. The van der Waals surface area contributed by atoms with Crippen LogP contribution in [0.3, 0.4) is 0 Å². The number of aromatic nitrogens is 1. The van der Waals surface area contributed by atoms with E-state index in [0.717, 1.165) is 17.9 Å². The first-order valence-electron chi connectivity index (χ1n) is 7.31. The van der Waals surface area contributed by atoms with Crippen LogP contribution < -0.4 is 4.90 Å². The molecule has 1 saturated carbocycles. The van der Waals surface area contributed by atoms with Crippen LogP contribution in [0.1, 0.15) is 56.8 Å². The summed E-state index contributed by atoms with van der Waals surface area (Å²) in [7, 11) is 0. The van der Waals surface area contributed by atoms with Crippen molar-refractivity contribution in [2.24, 2.45) is 5.92 Å². The Morgan fingerprint density at radius 2 is 2.11 bits per heavy atom. The van der Waals surface area contributed by atoms with Gasteiger partial charge in [0.2, 0.25) is 0 Å². The quantitative estimate of drug-likeness (QED) is 0.757. The Morgan fingerprint density at radius 1 is 1.42 bits per heavy atom. The molecule has 1 aromatic heterocycles. The van der Waals surface area contributed by atoms with Crippen molar-refractivity contribution in [3.8, 4) is 0 Å². The van der Waals surface area contributed by atoms with Gasteiger partial charge in [0.1, 0.15) is 5.82 Å². The van der Waals surface area contributed by atoms with Gasteiger partial charge in [0.25, 0.3) is 0 Å². The maximum atomic E-state index is 11.5. The van der Waals surface area contributed by atoms with E-state index in [1.54, 1.807) is 19.2 Å². The number of rotatable bonds is 5. The fourth-order valence-corrected chi connectivity index (χ4v) is 2.83. The summed E-state index contributed by atoms with van der Waals surface area (Å²) < 4.78 is 0. The molecule has 0 unspecified atom stereocenters. The molecule has 1 aliphatic rings. The lowest BCUT2D eigenvalue weighted by molar-refractivity contribution is 0.101. The lowest BCUT2D eigenvalue weighted by atomic mass is 10.1. The zero-order chi connectivity index (χ0) is 13.8. The zero-order valence-electron chi connectivity index (χ0n) is 12.2. The molecule has 3 nitrogen and oxygen atoms in total. The molecule has 1 fully saturated rings. The predicted octanol–water partition coefficient (Wildman–Crippen LogP) is 3.69. The van der Waals surface area contributed by atoms with Crippen molar-refractivity contribution in [2.45, 2.75) is 52.5 Å². The van der Waals surface area contributed by atoms with Crippen LogP contribution in [0.4, 0.5) is 5.82 Å². The van der Waals surface area contributed by atoms with Crippen molar-refractivity contribution in [3.63, 3.8) is 0 Å². The van der Waals surface area contributed by atoms with E-state index in [1.807, 2.05) is 6.07 Å². The molecule has 0 amide bonds. The smallest absolute Gasteiger partial charge is 0.159 e. The molecule has 1 aromatic rings. The third kappa shape index (κ3) is 3.55. The van der Waals surface area contributed by atoms with Gasteiger partial charge in [0.15, 0.2) is 5.78 Å². The minimum Gasteiger partial charge on any atom is -0.353 e. The molecule has 2 rings (SSSR count). The van der Waals surface area contributed by atoms with Gasteiger partial charge >= 0.3 is 0 Å². The highest BCUT2D eigenvalue weighted by Crippen LogP contribution is 2.28. The minimum atomic E-state index is 0.111. The fraction of sp³-hybridized carbons (Fsp3) is 0.625. The monoisotopic (exact) mass is 260 g/mol. The SMILES string of the molecule is CC(=O)c1ccnc(N(CC(C)C)C2CCCC2)c1. The second-order valence-electron chi connectivity index (χ2n) is 5.94. The molecule has 0 spiro atoms. The van der Waals surface area contributed by atoms with Crippen molar-refractivity contribution >= 4 is 11.6 Å². The highest BCUT2D eigenvalue weighted by Gasteiger charge is 2.24. The van der Waals surface area contributed by atoms with Crippen LogP contribution in [0.5, 0.6) is 0 Å². The van der Waals surface area contributed by atoms with Crippen LogP contribution in [0.15, 0.2) is 18.3 Å². The molecule has 0 aliphatic heterocycles. The van der Waals surface area contributed by atoms with Gasteiger partial charge in [0.05, 0.1) is 0 Å². The largest absolute Gasteiger partial charge is 0.353 e. The molecule has 0 saturated heterocycles. The van der Waals surface area contributed by atoms with Gasteiger partial charge < -0.3 is 4.90 Å². The van der Waals surface area contributed by atoms with Gasteiger partial charge in [-0.2, -0.15) is 0 Å². The van der Waals surface area contributed by atoms with E-state index in [-0.39, 0.29) is 5.78 Å². The van der Waals surface area contributed by atoms with Gasteiger partial charge in [-0.25, -0.2) is 4.98 Å². The summed E-state index contributed by atoms with van der Waals surface area (Å²) in [4.78, 5) is 18.4. The van der Waals surface area contributed by atoms with Crippen LogP contribution >= 0.6 is 0 Å². The second-order valence-corrected chi connectivity index (χ2v) is 5.94. The molecule has 19 heavy (non-hydrogen) atoms. The first kappa shape index (κ1) is 14.0. The van der Waals surface area contributed by atoms with E-state index in [9.17, 15) is 4.79 Å². The maximum Gasteiger partial charge on any atom is 0.159 e. The van der Waals surface area contributed by atoms with Gasteiger partial charge in [-0.05, 0) is 37.8 Å². The molecule has 0 atom stereocenters. The van der Waals surface area contributed by atoms with E-state index >= 15 is 0 Å². The van der Waals surface area contributed by atoms with Crippen LogP contribution in [-0.4, -0.2) is 23.4 Å². The van der Waals surface area contributed by atoms with Gasteiger partial charge in [-0.15, -0.1) is 0 Å². The Balaban J connectivity index is 2.25. The Morgan fingerprint density at radius 3 is 2.68 bits per heavy atom. The Labute approximate surface area is 116 Å². The minimum absolute atomic E-state index is 0.111. The molecule has 104 valence electrons. The van der Waals surface area contributed by atoms with Crippen molar-refractivity contribution in [3.05, 3.63) is 23.9 Å². The third-order valence-electron chi connectivity index (χ3n) is 3.77. The van der Waals surface area contributed by atoms with E-state index in [2.05, 4.69) is 23.7 Å². The molecular formula is C16H24N2O. The van der Waals surface area contributed by atoms with Crippen molar-refractivity contribution < 1.29 is 4.79 Å². The average molecular weight is 260 g/mol. The van der Waals surface area contributed by atoms with Gasteiger partial charge in [-0.1, -0.05) is 26.7 Å². The normalized spacial score (nSPS) is 16.0. The number of carbonyl (C=O) groups is 1. The first-order valence-corrected chi connectivity index (χ1v) is 7.31. The van der Waals surface area contributed by atoms with Crippen LogP contribution in [-0.2, 0) is 0 Å². The molecular weight excluding hydrogens is 236 g/mol. The second kappa shape index (κ2) is 6.18. The summed E-state index contributed by atoms with van der Waals surface area (Å²) in [6.07, 6.45) is 6.88. The number of nitrogens with zero attached hydrogens (tertiary/aromatic N) is 2. The van der Waals surface area contributed by atoms with E-state index < -0.39 is 0 Å². The number of ketones is 1. The van der Waals surface area contributed by atoms with E-state index in [1.165, 1.54) is 25.7 Å². The average Bonchev–Trinajstić information content (AvgIpc) is 2.89. The predicted molar refractivity (Wildman–Crippen MR) is 78.7 cm³/mol. The van der Waals surface area contributed by atoms with Crippen LogP contribution in [0.2, 0.25) is 0 Å². The molecule has 1 aliphatic carbocycles. The molecule has 0 bridgehead atoms. The molecule has 0 aromatic carbocycles. The highest BCUT2D eigenvalue weighted by atomic mass is 16.1. The highest BCUT2D eigenvalue weighted by molar-refractivity contribution is 5.94. The lowest BCUT2D eigenvalue weighted by Crippen LogP contribution is -2.37. The Kier molecular flexibility index (Phi) is 4.56. The van der Waals surface area contributed by atoms with Crippen molar-refractivity contribution in [1.82, 2.24) is 4.98 Å². The third-order valence-corrected chi connectivity index (χ3v) is 3.77. The van der Waals surface area contributed by atoms with Gasteiger partial charge in [-0.3, -0.25) is 4.79 Å². The number of pyridine rings is 1. The zero-order valence-corrected chi connectivity index (χ0v) is 12.2. The summed E-state index contributed by atoms with van der Waals surface area (Å²) in [5, 5.41) is 0. The molecule has 0 N–H and O–H groups in total. The fourth-order valence-electron chi connectivity index (χ4n) is 2.83. The van der Waals surface area contributed by atoms with E-state index in [4.69, 9.17) is 0 Å². The van der Waals surface area contributed by atoms with Crippen molar-refractivity contribution in [1.29, 1.82) is 0 Å². The van der Waals surface area contributed by atoms with Crippen LogP contribution in [0.25, 0.3) is 0 Å². The lowest BCUT2D eigenvalue weighted by Gasteiger charge is -2.31. The first-order chi connectivity index (χ1) is 9.08. The molecule has 0 radical (unpaired) electrons. The number of hydrogen-bond acceptors (Lipinski definition) is 3. The van der Waals surface area contributed by atoms with Crippen molar-refractivity contribution in [2.75, 3.05) is 11.4 Å². The summed E-state index contributed by atoms with van der Waals surface area (Å²) in [5.74, 6) is 1.68. The molecule has 3 heteroatoms. The summed E-state index contributed by atoms with van der Waals surface area (Å²) >= 11 is 0. The number of Topliss-reactive ketones (excluding diaryl/α,β-unsaturated/α-hetero) is 1. The summed E-state index contributed by atoms with van der Waals surface area (Å²) in [6, 6.07) is 4.34. The van der Waals surface area contributed by atoms with Crippen LogP contribution in [0, 0.1) is 5.92 Å². The number of hydrogen-bond donors (Lipinski definition) is 0. The number of carbonyl (C=O) groups excluding carboxylic acids is 1. The van der Waals surface area contributed by atoms with E-state index in [0.29, 0.717) is 12.0 Å². The topological polar surface area (TPSA) is 33.2 Å². The summed E-state index contributed by atoms with van der Waals surface area (Å²) in [5.41, 5.74) is 0.761. The Bertz CT molecular complexity index is 436. The Hall–Kier alpha value is -1.38. The number of anilines is 1. The van der Waals surface area contributed by atoms with Gasteiger partial charge in [0, 0.05) is 24.3 Å². The standard InChI is InChI=1S/C16H24N2O/c1-12(2)11-18(15-6-4-5-7-15)16-10-14(13(3)19)8-9-17-16/h8-10,12,15H,4-7,11H2,1-3H3.